The number of nitrogen functional groups attached to an aromatic ring is 1. The number of nitrogens with two attached hydrogens (primary N) is 1. The normalized spacial score (nSPS) is 13.3. The standard InChI is InChI=1S/C31H27N3O7/c32-24-8-4-5-9-25(24)34-29(36)17-16-27(40-23-6-2-1-3-7-23)30(20-10-13-22(35)14-11-20)41-31(37)33-21-12-15-26-28(18-21)39-19-38-26/h1-18,27,30,35H,19,32H2,(H,33,37)(H,34,36)/b17-16+/t27-,30-/m0/s1. The van der Waals surface area contributed by atoms with Crippen LogP contribution in [0.2, 0.25) is 0 Å². The van der Waals surface area contributed by atoms with Crippen LogP contribution in [-0.2, 0) is 9.53 Å². The van der Waals surface area contributed by atoms with E-state index in [0.717, 1.165) is 0 Å². The summed E-state index contributed by atoms with van der Waals surface area (Å²) in [5.74, 6) is 1.13. The zero-order chi connectivity index (χ0) is 28.6. The van der Waals surface area contributed by atoms with E-state index in [1.807, 2.05) is 6.07 Å². The summed E-state index contributed by atoms with van der Waals surface area (Å²) in [6, 6.07) is 26.9. The molecule has 2 amide bonds. The molecule has 0 bridgehead atoms. The van der Waals surface area contributed by atoms with Gasteiger partial charge in [0.1, 0.15) is 11.5 Å². The molecule has 1 aliphatic rings. The summed E-state index contributed by atoms with van der Waals surface area (Å²) in [7, 11) is 0. The first-order valence-corrected chi connectivity index (χ1v) is 12.7. The second-order valence-electron chi connectivity index (χ2n) is 8.94. The number of rotatable bonds is 9. The van der Waals surface area contributed by atoms with Crippen molar-refractivity contribution in [2.24, 2.45) is 0 Å². The van der Waals surface area contributed by atoms with E-state index in [-0.39, 0.29) is 12.5 Å². The Labute approximate surface area is 235 Å². The van der Waals surface area contributed by atoms with Gasteiger partial charge < -0.3 is 35.1 Å². The number of hydrogen-bond donors (Lipinski definition) is 4. The van der Waals surface area contributed by atoms with Gasteiger partial charge in [-0.15, -0.1) is 0 Å². The molecule has 41 heavy (non-hydrogen) atoms. The van der Waals surface area contributed by atoms with Crippen molar-refractivity contribution in [1.82, 2.24) is 0 Å². The SMILES string of the molecule is Nc1ccccc1NC(=O)/C=C/[C@H](Oc1ccccc1)[C@@H](OC(=O)Nc1ccc2c(c1)OCO2)c1ccc(O)cc1. The maximum absolute atomic E-state index is 13.1. The largest absolute Gasteiger partial charge is 0.508 e. The Bertz CT molecular complexity index is 1540. The molecule has 10 nitrogen and oxygen atoms in total. The van der Waals surface area contributed by atoms with Crippen LogP contribution in [0.3, 0.4) is 0 Å². The van der Waals surface area contributed by atoms with Crippen molar-refractivity contribution >= 4 is 29.1 Å². The van der Waals surface area contributed by atoms with Gasteiger partial charge in [-0.3, -0.25) is 10.1 Å². The molecule has 4 aromatic carbocycles. The van der Waals surface area contributed by atoms with E-state index in [9.17, 15) is 14.7 Å². The Morgan fingerprint density at radius 3 is 2.39 bits per heavy atom. The minimum Gasteiger partial charge on any atom is -0.508 e. The van der Waals surface area contributed by atoms with Crippen LogP contribution in [0.1, 0.15) is 11.7 Å². The average molecular weight is 554 g/mol. The van der Waals surface area contributed by atoms with E-state index >= 15 is 0 Å². The lowest BCUT2D eigenvalue weighted by Gasteiger charge is -2.26. The lowest BCUT2D eigenvalue weighted by atomic mass is 10.0. The summed E-state index contributed by atoms with van der Waals surface area (Å²) in [5, 5.41) is 15.3. The molecule has 0 saturated heterocycles. The number of para-hydroxylation sites is 3. The van der Waals surface area contributed by atoms with Gasteiger partial charge in [0.15, 0.2) is 23.7 Å². The van der Waals surface area contributed by atoms with E-state index < -0.39 is 24.2 Å². The van der Waals surface area contributed by atoms with Crippen LogP contribution >= 0.6 is 0 Å². The molecule has 0 aromatic heterocycles. The van der Waals surface area contributed by atoms with Gasteiger partial charge in [-0.05, 0) is 60.2 Å². The van der Waals surface area contributed by atoms with Gasteiger partial charge in [-0.1, -0.05) is 42.5 Å². The smallest absolute Gasteiger partial charge is 0.412 e. The molecule has 0 radical (unpaired) electrons. The molecule has 0 aliphatic carbocycles. The molecule has 2 atom stereocenters. The number of amides is 2. The molecular formula is C31H27N3O7. The zero-order valence-electron chi connectivity index (χ0n) is 21.7. The van der Waals surface area contributed by atoms with Gasteiger partial charge >= 0.3 is 6.09 Å². The number of aromatic hydroxyl groups is 1. The van der Waals surface area contributed by atoms with Crippen molar-refractivity contribution in [1.29, 1.82) is 0 Å². The maximum Gasteiger partial charge on any atom is 0.412 e. The Balaban J connectivity index is 1.41. The highest BCUT2D eigenvalue weighted by atomic mass is 16.7. The van der Waals surface area contributed by atoms with Crippen molar-refractivity contribution in [3.63, 3.8) is 0 Å². The van der Waals surface area contributed by atoms with E-state index in [2.05, 4.69) is 10.6 Å². The average Bonchev–Trinajstić information content (AvgIpc) is 3.44. The summed E-state index contributed by atoms with van der Waals surface area (Å²) >= 11 is 0. The monoisotopic (exact) mass is 553 g/mol. The van der Waals surface area contributed by atoms with Crippen LogP contribution in [0.25, 0.3) is 0 Å². The lowest BCUT2D eigenvalue weighted by molar-refractivity contribution is -0.112. The van der Waals surface area contributed by atoms with Crippen LogP contribution in [0.15, 0.2) is 109 Å². The molecule has 0 unspecified atom stereocenters. The number of nitrogens with one attached hydrogen (secondary N) is 2. The fraction of sp³-hybridized carbons (Fsp3) is 0.0968. The number of hydrogen-bond acceptors (Lipinski definition) is 8. The van der Waals surface area contributed by atoms with Gasteiger partial charge in [0.05, 0.1) is 11.4 Å². The highest BCUT2D eigenvalue weighted by molar-refractivity contribution is 6.01. The number of benzene rings is 4. The fourth-order valence-electron chi connectivity index (χ4n) is 4.05. The summed E-state index contributed by atoms with van der Waals surface area (Å²) in [6.07, 6.45) is 0.0110. The molecule has 4 aromatic rings. The van der Waals surface area contributed by atoms with E-state index in [4.69, 9.17) is 24.7 Å². The van der Waals surface area contributed by atoms with Crippen molar-refractivity contribution in [2.75, 3.05) is 23.2 Å². The number of ether oxygens (including phenoxy) is 4. The third-order valence-corrected chi connectivity index (χ3v) is 6.04. The topological polar surface area (TPSA) is 141 Å². The second kappa shape index (κ2) is 12.5. The third-order valence-electron chi connectivity index (χ3n) is 6.04. The minimum absolute atomic E-state index is 0.0354. The molecule has 208 valence electrons. The molecule has 0 spiro atoms. The van der Waals surface area contributed by atoms with E-state index in [0.29, 0.717) is 39.9 Å². The van der Waals surface area contributed by atoms with Gasteiger partial charge in [-0.2, -0.15) is 0 Å². The Hall–Kier alpha value is -5.64. The number of phenolic OH excluding ortho intramolecular Hbond substituents is 1. The van der Waals surface area contributed by atoms with Gasteiger partial charge in [0.2, 0.25) is 12.7 Å². The van der Waals surface area contributed by atoms with Crippen LogP contribution in [-0.4, -0.2) is 30.0 Å². The molecular weight excluding hydrogens is 526 g/mol. The van der Waals surface area contributed by atoms with Gasteiger partial charge in [-0.25, -0.2) is 4.79 Å². The Morgan fingerprint density at radius 2 is 1.61 bits per heavy atom. The van der Waals surface area contributed by atoms with Gasteiger partial charge in [0, 0.05) is 17.8 Å². The number of anilines is 3. The Morgan fingerprint density at radius 1 is 0.878 bits per heavy atom. The van der Waals surface area contributed by atoms with E-state index in [1.54, 1.807) is 78.9 Å². The first-order valence-electron chi connectivity index (χ1n) is 12.7. The predicted molar refractivity (Wildman–Crippen MR) is 153 cm³/mol. The minimum atomic E-state index is -1.03. The van der Waals surface area contributed by atoms with Crippen LogP contribution < -0.4 is 30.6 Å². The lowest BCUT2D eigenvalue weighted by Crippen LogP contribution is -2.30. The van der Waals surface area contributed by atoms with E-state index in [1.165, 1.54) is 24.3 Å². The van der Waals surface area contributed by atoms with Gasteiger partial charge in [0.25, 0.3) is 0 Å². The van der Waals surface area contributed by atoms with Crippen LogP contribution in [0.4, 0.5) is 21.9 Å². The summed E-state index contributed by atoms with van der Waals surface area (Å²) in [6.45, 7) is 0.0987. The van der Waals surface area contributed by atoms with Crippen LogP contribution in [0.5, 0.6) is 23.0 Å². The van der Waals surface area contributed by atoms with Crippen molar-refractivity contribution in [2.45, 2.75) is 12.2 Å². The fourth-order valence-corrected chi connectivity index (χ4v) is 4.05. The zero-order valence-corrected chi connectivity index (χ0v) is 21.7. The van der Waals surface area contributed by atoms with Crippen molar-refractivity contribution in [3.8, 4) is 23.0 Å². The summed E-state index contributed by atoms with van der Waals surface area (Å²) in [4.78, 5) is 25.9. The number of carbonyl (C=O) groups is 2. The first-order chi connectivity index (χ1) is 19.9. The molecule has 10 heteroatoms. The van der Waals surface area contributed by atoms with Crippen molar-refractivity contribution < 1.29 is 33.6 Å². The molecule has 1 heterocycles. The number of fused-ring (bicyclic) bond motifs is 1. The summed E-state index contributed by atoms with van der Waals surface area (Å²) < 4.78 is 22.8. The Kier molecular flexibility index (Phi) is 8.20. The molecule has 5 rings (SSSR count). The number of phenols is 1. The highest BCUT2D eigenvalue weighted by Crippen LogP contribution is 2.35. The molecule has 0 saturated carbocycles. The van der Waals surface area contributed by atoms with Crippen LogP contribution in [0, 0.1) is 0 Å². The molecule has 0 fully saturated rings. The summed E-state index contributed by atoms with van der Waals surface area (Å²) in [5.41, 5.74) is 7.76. The molecule has 5 N–H and O–H groups in total. The molecule has 1 aliphatic heterocycles. The highest BCUT2D eigenvalue weighted by Gasteiger charge is 2.28. The number of carbonyl (C=O) groups excluding carboxylic acids is 2. The first kappa shape index (κ1) is 26.9. The predicted octanol–water partition coefficient (Wildman–Crippen LogP) is 5.64. The van der Waals surface area contributed by atoms with Crippen molar-refractivity contribution in [3.05, 3.63) is 115 Å². The maximum atomic E-state index is 13.1. The second-order valence-corrected chi connectivity index (χ2v) is 8.94. The quantitative estimate of drug-likeness (QED) is 0.154. The third kappa shape index (κ3) is 7.07.